The van der Waals surface area contributed by atoms with Crippen LogP contribution in [0.25, 0.3) is 0 Å². The molecule has 1 fully saturated rings. The summed E-state index contributed by atoms with van der Waals surface area (Å²) < 4.78 is 5.92. The third kappa shape index (κ3) is 4.98. The number of nitrogens with zero attached hydrogens (tertiary/aromatic N) is 3. The van der Waals surface area contributed by atoms with Gasteiger partial charge in [-0.15, -0.1) is 0 Å². The molecule has 0 spiro atoms. The Morgan fingerprint density at radius 1 is 1.28 bits per heavy atom. The van der Waals surface area contributed by atoms with Crippen molar-refractivity contribution < 1.29 is 4.74 Å². The van der Waals surface area contributed by atoms with Crippen LogP contribution in [0.5, 0.6) is 5.88 Å². The largest absolute Gasteiger partial charge is 0.472 e. The number of nitrogens with one attached hydrogen (secondary N) is 1. The summed E-state index contributed by atoms with van der Waals surface area (Å²) in [6, 6.07) is 15.7. The van der Waals surface area contributed by atoms with Crippen LogP contribution in [0.2, 0.25) is 0 Å². The molecule has 0 bridgehead atoms. The van der Waals surface area contributed by atoms with Crippen LogP contribution >= 0.6 is 0 Å². The Morgan fingerprint density at radius 3 is 2.88 bits per heavy atom. The molecule has 1 saturated heterocycles. The summed E-state index contributed by atoms with van der Waals surface area (Å²) in [6.45, 7) is 2.26. The Morgan fingerprint density at radius 2 is 2.12 bits per heavy atom. The quantitative estimate of drug-likeness (QED) is 0.531. The molecule has 25 heavy (non-hydrogen) atoms. The van der Waals surface area contributed by atoms with Gasteiger partial charge >= 0.3 is 0 Å². The van der Waals surface area contributed by atoms with Gasteiger partial charge in [-0.25, -0.2) is 4.98 Å². The Bertz CT molecular complexity index is 750. The predicted octanol–water partition coefficient (Wildman–Crippen LogP) is 2.16. The fourth-order valence-corrected chi connectivity index (χ4v) is 2.73. The van der Waals surface area contributed by atoms with Crippen molar-refractivity contribution in [1.29, 1.82) is 0 Å². The first-order valence-corrected chi connectivity index (χ1v) is 8.42. The van der Waals surface area contributed by atoms with Gasteiger partial charge in [-0.2, -0.15) is 0 Å². The highest BCUT2D eigenvalue weighted by atomic mass is 16.5. The topological polar surface area (TPSA) is 49.8 Å². The van der Waals surface area contributed by atoms with Crippen LogP contribution < -0.4 is 10.1 Å². The Labute approximate surface area is 148 Å². The molecule has 5 heteroatoms. The van der Waals surface area contributed by atoms with Gasteiger partial charge in [-0.05, 0) is 18.2 Å². The van der Waals surface area contributed by atoms with E-state index in [-0.39, 0.29) is 6.10 Å². The van der Waals surface area contributed by atoms with Gasteiger partial charge in [0, 0.05) is 37.8 Å². The van der Waals surface area contributed by atoms with E-state index in [1.54, 1.807) is 13.2 Å². The van der Waals surface area contributed by atoms with Crippen molar-refractivity contribution in [2.75, 3.05) is 26.7 Å². The number of aliphatic imine (C=N–C) groups is 1. The van der Waals surface area contributed by atoms with E-state index in [9.17, 15) is 0 Å². The van der Waals surface area contributed by atoms with E-state index >= 15 is 0 Å². The molecule has 3 rings (SSSR count). The molecular weight excluding hydrogens is 312 g/mol. The maximum atomic E-state index is 5.92. The van der Waals surface area contributed by atoms with Gasteiger partial charge in [-0.1, -0.05) is 36.1 Å². The standard InChI is InChI=1S/C20H22N4O/c1-21-20(23-14-7-10-17-8-3-2-4-9-17)24-15-12-18(16-24)25-19-11-5-6-13-22-19/h2-6,8-9,11,13,18H,12,14-16H2,1H3,(H,21,23). The van der Waals surface area contributed by atoms with E-state index < -0.39 is 0 Å². The number of likely N-dealkylation sites (tertiary alicyclic amines) is 1. The van der Waals surface area contributed by atoms with Gasteiger partial charge in [0.15, 0.2) is 5.96 Å². The molecular formula is C20H22N4O. The van der Waals surface area contributed by atoms with Crippen molar-refractivity contribution in [3.63, 3.8) is 0 Å². The first kappa shape index (κ1) is 16.8. The van der Waals surface area contributed by atoms with Crippen LogP contribution in [0, 0.1) is 11.8 Å². The summed E-state index contributed by atoms with van der Waals surface area (Å²) in [6.07, 6.45) is 2.82. The molecule has 0 radical (unpaired) electrons. The zero-order chi connectivity index (χ0) is 17.3. The summed E-state index contributed by atoms with van der Waals surface area (Å²) in [5.74, 6) is 7.80. The van der Waals surface area contributed by atoms with Gasteiger partial charge < -0.3 is 15.0 Å². The van der Waals surface area contributed by atoms with Crippen molar-refractivity contribution in [2.45, 2.75) is 12.5 Å². The lowest BCUT2D eigenvalue weighted by Gasteiger charge is -2.20. The molecule has 2 heterocycles. The van der Waals surface area contributed by atoms with Crippen molar-refractivity contribution in [3.8, 4) is 17.7 Å². The van der Waals surface area contributed by atoms with Gasteiger partial charge in [0.1, 0.15) is 6.10 Å². The van der Waals surface area contributed by atoms with E-state index in [1.807, 2.05) is 48.5 Å². The summed E-state index contributed by atoms with van der Waals surface area (Å²) in [4.78, 5) is 10.8. The van der Waals surface area contributed by atoms with Crippen LogP contribution in [-0.2, 0) is 0 Å². The minimum Gasteiger partial charge on any atom is -0.472 e. The molecule has 0 saturated carbocycles. The van der Waals surface area contributed by atoms with Crippen LogP contribution in [-0.4, -0.2) is 48.6 Å². The second-order valence-electron chi connectivity index (χ2n) is 5.71. The van der Waals surface area contributed by atoms with Crippen molar-refractivity contribution in [1.82, 2.24) is 15.2 Å². The summed E-state index contributed by atoms with van der Waals surface area (Å²) in [5, 5.41) is 3.30. The molecule has 1 atom stereocenters. The van der Waals surface area contributed by atoms with E-state index in [0.717, 1.165) is 31.0 Å². The number of rotatable bonds is 3. The minimum absolute atomic E-state index is 0.129. The third-order valence-corrected chi connectivity index (χ3v) is 3.92. The van der Waals surface area contributed by atoms with E-state index in [0.29, 0.717) is 12.4 Å². The van der Waals surface area contributed by atoms with Crippen molar-refractivity contribution in [3.05, 3.63) is 60.3 Å². The monoisotopic (exact) mass is 334 g/mol. The van der Waals surface area contributed by atoms with Gasteiger partial charge in [0.2, 0.25) is 5.88 Å². The number of pyridine rings is 1. The van der Waals surface area contributed by atoms with E-state index in [1.165, 1.54) is 0 Å². The zero-order valence-corrected chi connectivity index (χ0v) is 14.4. The van der Waals surface area contributed by atoms with Crippen LogP contribution in [0.3, 0.4) is 0 Å². The number of benzene rings is 1. The molecule has 0 aliphatic carbocycles. The van der Waals surface area contributed by atoms with E-state index in [4.69, 9.17) is 4.74 Å². The number of aromatic nitrogens is 1. The maximum absolute atomic E-state index is 5.92. The molecule has 1 aromatic carbocycles. The average molecular weight is 334 g/mol. The molecule has 128 valence electrons. The highest BCUT2D eigenvalue weighted by Gasteiger charge is 2.26. The Kier molecular flexibility index (Phi) is 5.89. The lowest BCUT2D eigenvalue weighted by molar-refractivity contribution is 0.205. The molecule has 2 aromatic rings. The zero-order valence-electron chi connectivity index (χ0n) is 14.4. The van der Waals surface area contributed by atoms with Gasteiger partial charge in [0.05, 0.1) is 13.1 Å². The lowest BCUT2D eigenvalue weighted by Crippen LogP contribution is -2.41. The van der Waals surface area contributed by atoms with Gasteiger partial charge in [-0.3, -0.25) is 4.99 Å². The van der Waals surface area contributed by atoms with Crippen molar-refractivity contribution in [2.24, 2.45) is 4.99 Å². The molecule has 1 unspecified atom stereocenters. The summed E-state index contributed by atoms with van der Waals surface area (Å²) in [7, 11) is 1.79. The number of guanidine groups is 1. The first-order valence-electron chi connectivity index (χ1n) is 8.42. The molecule has 1 N–H and O–H groups in total. The van der Waals surface area contributed by atoms with E-state index in [2.05, 4.69) is 32.0 Å². The smallest absolute Gasteiger partial charge is 0.213 e. The SMILES string of the molecule is CN=C(NCC#Cc1ccccc1)N1CCC(Oc2ccccn2)C1. The average Bonchev–Trinajstić information content (AvgIpc) is 3.12. The molecule has 1 aromatic heterocycles. The van der Waals surface area contributed by atoms with Crippen LogP contribution in [0.4, 0.5) is 0 Å². The van der Waals surface area contributed by atoms with Crippen LogP contribution in [0.15, 0.2) is 59.7 Å². The third-order valence-electron chi connectivity index (χ3n) is 3.92. The van der Waals surface area contributed by atoms with Crippen molar-refractivity contribution >= 4 is 5.96 Å². The van der Waals surface area contributed by atoms with Crippen LogP contribution in [0.1, 0.15) is 12.0 Å². The first-order chi connectivity index (χ1) is 12.3. The fraction of sp³-hybridized carbons (Fsp3) is 0.300. The van der Waals surface area contributed by atoms with Gasteiger partial charge in [0.25, 0.3) is 0 Å². The normalized spacial score (nSPS) is 16.9. The molecule has 0 amide bonds. The fourth-order valence-electron chi connectivity index (χ4n) is 2.73. The molecule has 1 aliphatic rings. The Balaban J connectivity index is 1.48. The highest BCUT2D eigenvalue weighted by Crippen LogP contribution is 2.16. The summed E-state index contributed by atoms with van der Waals surface area (Å²) in [5.41, 5.74) is 1.02. The minimum atomic E-state index is 0.129. The second kappa shape index (κ2) is 8.74. The number of ether oxygens (including phenoxy) is 1. The second-order valence-corrected chi connectivity index (χ2v) is 5.71. The highest BCUT2D eigenvalue weighted by molar-refractivity contribution is 5.80. The number of hydrogen-bond acceptors (Lipinski definition) is 3. The lowest BCUT2D eigenvalue weighted by atomic mass is 10.2. The number of hydrogen-bond donors (Lipinski definition) is 1. The Hall–Kier alpha value is -3.00. The predicted molar refractivity (Wildman–Crippen MR) is 99.5 cm³/mol. The summed E-state index contributed by atoms with van der Waals surface area (Å²) >= 11 is 0. The maximum Gasteiger partial charge on any atom is 0.213 e. The molecule has 1 aliphatic heterocycles. The molecule has 5 nitrogen and oxygen atoms in total.